The molecule has 0 heterocycles. The molecule has 0 unspecified atom stereocenters. The molecule has 0 aromatic heterocycles. The molecular formula is C12H13BrO. The summed E-state index contributed by atoms with van der Waals surface area (Å²) in [6, 6.07) is 4.02. The standard InChI is InChI=1S/C12H13BrO/c1-4-5-6-14-11-7-9(2)12(13)10(3)8-11/h7-8H,6H2,1-3H3. The summed E-state index contributed by atoms with van der Waals surface area (Å²) in [6.07, 6.45) is 0. The van der Waals surface area contributed by atoms with Crippen LogP contribution in [-0.2, 0) is 0 Å². The van der Waals surface area contributed by atoms with Gasteiger partial charge in [-0.3, -0.25) is 0 Å². The van der Waals surface area contributed by atoms with Crippen LogP contribution in [0.5, 0.6) is 5.75 Å². The largest absolute Gasteiger partial charge is 0.481 e. The van der Waals surface area contributed by atoms with Crippen molar-refractivity contribution in [3.63, 3.8) is 0 Å². The fraction of sp³-hybridized carbons (Fsp3) is 0.333. The molecule has 0 spiro atoms. The van der Waals surface area contributed by atoms with E-state index in [4.69, 9.17) is 4.74 Å². The summed E-state index contributed by atoms with van der Waals surface area (Å²) in [7, 11) is 0. The van der Waals surface area contributed by atoms with Gasteiger partial charge in [-0.05, 0) is 44.0 Å². The van der Waals surface area contributed by atoms with Crippen LogP contribution in [0.1, 0.15) is 18.1 Å². The van der Waals surface area contributed by atoms with Crippen molar-refractivity contribution in [2.45, 2.75) is 20.8 Å². The predicted molar refractivity (Wildman–Crippen MR) is 62.6 cm³/mol. The first-order chi connectivity index (χ1) is 6.65. The van der Waals surface area contributed by atoms with E-state index < -0.39 is 0 Å². The quantitative estimate of drug-likeness (QED) is 0.733. The van der Waals surface area contributed by atoms with E-state index in [9.17, 15) is 0 Å². The maximum atomic E-state index is 5.47. The third-order valence-corrected chi connectivity index (χ3v) is 3.15. The van der Waals surface area contributed by atoms with E-state index in [0.29, 0.717) is 6.61 Å². The van der Waals surface area contributed by atoms with E-state index in [-0.39, 0.29) is 0 Å². The van der Waals surface area contributed by atoms with Gasteiger partial charge in [0.1, 0.15) is 12.4 Å². The molecule has 0 aliphatic carbocycles. The maximum absolute atomic E-state index is 5.47. The summed E-state index contributed by atoms with van der Waals surface area (Å²) in [5.74, 6) is 6.54. The second-order valence-electron chi connectivity index (χ2n) is 3.09. The highest BCUT2D eigenvalue weighted by molar-refractivity contribution is 9.10. The highest BCUT2D eigenvalue weighted by Gasteiger charge is 2.02. The van der Waals surface area contributed by atoms with Crippen LogP contribution in [0.15, 0.2) is 16.6 Å². The van der Waals surface area contributed by atoms with E-state index in [2.05, 4.69) is 41.6 Å². The van der Waals surface area contributed by atoms with Crippen LogP contribution >= 0.6 is 15.9 Å². The first-order valence-corrected chi connectivity index (χ1v) is 5.23. The minimum atomic E-state index is 0.455. The van der Waals surface area contributed by atoms with Gasteiger partial charge in [0.05, 0.1) is 0 Å². The Kier molecular flexibility index (Phi) is 4.03. The second kappa shape index (κ2) is 5.07. The predicted octanol–water partition coefficient (Wildman–Crippen LogP) is 3.47. The zero-order valence-corrected chi connectivity index (χ0v) is 10.2. The lowest BCUT2D eigenvalue weighted by Gasteiger charge is -2.07. The average molecular weight is 253 g/mol. The Bertz CT molecular complexity index is 362. The van der Waals surface area contributed by atoms with Crippen molar-refractivity contribution in [1.82, 2.24) is 0 Å². The molecule has 0 radical (unpaired) electrons. The van der Waals surface area contributed by atoms with Gasteiger partial charge in [-0.2, -0.15) is 0 Å². The third-order valence-electron chi connectivity index (χ3n) is 1.90. The molecule has 1 nitrogen and oxygen atoms in total. The molecule has 0 atom stereocenters. The molecule has 14 heavy (non-hydrogen) atoms. The normalized spacial score (nSPS) is 9.14. The Morgan fingerprint density at radius 2 is 1.86 bits per heavy atom. The van der Waals surface area contributed by atoms with Gasteiger partial charge < -0.3 is 4.74 Å². The molecule has 1 aromatic carbocycles. The highest BCUT2D eigenvalue weighted by atomic mass is 79.9. The molecule has 0 amide bonds. The molecule has 0 saturated heterocycles. The minimum Gasteiger partial charge on any atom is -0.481 e. The van der Waals surface area contributed by atoms with Crippen LogP contribution in [0, 0.1) is 25.7 Å². The second-order valence-corrected chi connectivity index (χ2v) is 3.88. The van der Waals surface area contributed by atoms with E-state index in [1.807, 2.05) is 12.1 Å². The Labute approximate surface area is 93.6 Å². The molecule has 0 N–H and O–H groups in total. The van der Waals surface area contributed by atoms with Crippen molar-refractivity contribution in [2.75, 3.05) is 6.61 Å². The lowest BCUT2D eigenvalue weighted by molar-refractivity contribution is 0.369. The number of ether oxygens (including phenoxy) is 1. The van der Waals surface area contributed by atoms with Crippen molar-refractivity contribution in [3.05, 3.63) is 27.7 Å². The lowest BCUT2D eigenvalue weighted by Crippen LogP contribution is -1.95. The number of aryl methyl sites for hydroxylation is 2. The van der Waals surface area contributed by atoms with Crippen molar-refractivity contribution in [1.29, 1.82) is 0 Å². The minimum absolute atomic E-state index is 0.455. The van der Waals surface area contributed by atoms with E-state index >= 15 is 0 Å². The smallest absolute Gasteiger partial charge is 0.149 e. The molecule has 0 saturated carbocycles. The van der Waals surface area contributed by atoms with Gasteiger partial charge in [0, 0.05) is 4.47 Å². The zero-order valence-electron chi connectivity index (χ0n) is 8.65. The monoisotopic (exact) mass is 252 g/mol. The number of rotatable bonds is 2. The van der Waals surface area contributed by atoms with Gasteiger partial charge >= 0.3 is 0 Å². The van der Waals surface area contributed by atoms with Crippen molar-refractivity contribution in [2.24, 2.45) is 0 Å². The van der Waals surface area contributed by atoms with Crippen molar-refractivity contribution >= 4 is 15.9 Å². The number of benzene rings is 1. The summed E-state index contributed by atoms with van der Waals surface area (Å²) in [6.45, 7) is 6.36. The molecule has 0 aliphatic heterocycles. The summed E-state index contributed by atoms with van der Waals surface area (Å²) in [4.78, 5) is 0. The van der Waals surface area contributed by atoms with Gasteiger partial charge in [-0.25, -0.2) is 0 Å². The summed E-state index contributed by atoms with van der Waals surface area (Å²) >= 11 is 3.51. The lowest BCUT2D eigenvalue weighted by atomic mass is 10.1. The summed E-state index contributed by atoms with van der Waals surface area (Å²) in [5, 5.41) is 0. The molecule has 1 rings (SSSR count). The topological polar surface area (TPSA) is 9.23 Å². The van der Waals surface area contributed by atoms with Crippen LogP contribution in [-0.4, -0.2) is 6.61 Å². The summed E-state index contributed by atoms with van der Waals surface area (Å²) < 4.78 is 6.61. The average Bonchev–Trinajstić information content (AvgIpc) is 2.14. The van der Waals surface area contributed by atoms with Crippen LogP contribution < -0.4 is 4.74 Å². The Morgan fingerprint density at radius 3 is 2.36 bits per heavy atom. The van der Waals surface area contributed by atoms with Gasteiger partial charge in [0.15, 0.2) is 0 Å². The number of halogens is 1. The number of hydrogen-bond donors (Lipinski definition) is 0. The fourth-order valence-electron chi connectivity index (χ4n) is 1.18. The molecule has 74 valence electrons. The van der Waals surface area contributed by atoms with Gasteiger partial charge in [0.25, 0.3) is 0 Å². The third kappa shape index (κ3) is 2.78. The van der Waals surface area contributed by atoms with Crippen molar-refractivity contribution < 1.29 is 4.74 Å². The Morgan fingerprint density at radius 1 is 1.29 bits per heavy atom. The fourth-order valence-corrected chi connectivity index (χ4v) is 1.41. The molecule has 0 bridgehead atoms. The Hall–Kier alpha value is -0.940. The maximum Gasteiger partial charge on any atom is 0.149 e. The first-order valence-electron chi connectivity index (χ1n) is 4.44. The molecule has 1 aromatic rings. The number of hydrogen-bond acceptors (Lipinski definition) is 1. The van der Waals surface area contributed by atoms with Crippen LogP contribution in [0.4, 0.5) is 0 Å². The van der Waals surface area contributed by atoms with Gasteiger partial charge in [0.2, 0.25) is 0 Å². The zero-order chi connectivity index (χ0) is 10.6. The molecule has 2 heteroatoms. The summed E-state index contributed by atoms with van der Waals surface area (Å²) in [5.41, 5.74) is 2.37. The van der Waals surface area contributed by atoms with E-state index in [0.717, 1.165) is 10.2 Å². The Balaban J connectivity index is 2.82. The van der Waals surface area contributed by atoms with Crippen LogP contribution in [0.3, 0.4) is 0 Å². The highest BCUT2D eigenvalue weighted by Crippen LogP contribution is 2.26. The first kappa shape index (κ1) is 11.1. The van der Waals surface area contributed by atoms with Gasteiger partial charge in [-0.1, -0.05) is 21.9 Å². The molecule has 0 aliphatic rings. The molecule has 0 fully saturated rings. The molecular weight excluding hydrogens is 240 g/mol. The van der Waals surface area contributed by atoms with Crippen LogP contribution in [0.2, 0.25) is 0 Å². The van der Waals surface area contributed by atoms with Crippen molar-refractivity contribution in [3.8, 4) is 17.6 Å². The van der Waals surface area contributed by atoms with E-state index in [1.165, 1.54) is 11.1 Å². The van der Waals surface area contributed by atoms with E-state index in [1.54, 1.807) is 6.92 Å². The van der Waals surface area contributed by atoms with Crippen LogP contribution in [0.25, 0.3) is 0 Å². The SMILES string of the molecule is CC#CCOc1cc(C)c(Br)c(C)c1. The van der Waals surface area contributed by atoms with Gasteiger partial charge in [-0.15, -0.1) is 5.92 Å².